The van der Waals surface area contributed by atoms with Crippen molar-refractivity contribution >= 4 is 63.1 Å². The summed E-state index contributed by atoms with van der Waals surface area (Å²) in [6.45, 7) is 0. The molecule has 0 saturated carbocycles. The van der Waals surface area contributed by atoms with E-state index in [2.05, 4.69) is 15.5 Å². The molecule has 0 aliphatic rings. The molecule has 0 fully saturated rings. The molecule has 1 aromatic heterocycles. The minimum absolute atomic E-state index is 0.0403. The molecule has 2 aromatic rings. The zero-order valence-corrected chi connectivity index (χ0v) is 12.4. The van der Waals surface area contributed by atoms with Crippen LogP contribution in [-0.2, 0) is 4.79 Å². The van der Waals surface area contributed by atoms with Gasteiger partial charge in [-0.1, -0.05) is 46.3 Å². The Labute approximate surface area is 127 Å². The topological polar surface area (TPSA) is 75.1 Å². The number of carboxylic acid groups (broad SMARTS) is 1. The fraction of sp³-hybridized carbons (Fsp3) is 0.100. The van der Waals surface area contributed by atoms with Crippen LogP contribution in [0.3, 0.4) is 0 Å². The lowest BCUT2D eigenvalue weighted by Crippen LogP contribution is -1.96. The van der Waals surface area contributed by atoms with E-state index in [4.69, 9.17) is 28.3 Å². The van der Waals surface area contributed by atoms with Crippen LogP contribution in [0.1, 0.15) is 0 Å². The van der Waals surface area contributed by atoms with Gasteiger partial charge >= 0.3 is 5.97 Å². The van der Waals surface area contributed by atoms with Crippen molar-refractivity contribution in [1.29, 1.82) is 0 Å². The maximum atomic E-state index is 10.4. The number of thioether (sulfide) groups is 1. The maximum Gasteiger partial charge on any atom is 0.313 e. The van der Waals surface area contributed by atoms with Crippen molar-refractivity contribution in [3.63, 3.8) is 0 Å². The Bertz CT molecular complexity index is 606. The van der Waals surface area contributed by atoms with Crippen LogP contribution >= 0.6 is 46.3 Å². The highest BCUT2D eigenvalue weighted by atomic mass is 35.5. The number of aromatic nitrogens is 2. The molecule has 0 atom stereocenters. The second kappa shape index (κ2) is 6.42. The van der Waals surface area contributed by atoms with Crippen LogP contribution in [-0.4, -0.2) is 27.0 Å². The van der Waals surface area contributed by atoms with Gasteiger partial charge in [-0.2, -0.15) is 0 Å². The number of benzene rings is 1. The van der Waals surface area contributed by atoms with Crippen molar-refractivity contribution in [2.75, 3.05) is 11.1 Å². The maximum absolute atomic E-state index is 10.4. The summed E-state index contributed by atoms with van der Waals surface area (Å²) in [6, 6.07) is 5.11. The van der Waals surface area contributed by atoms with Crippen LogP contribution in [0.5, 0.6) is 0 Å². The average molecular weight is 336 g/mol. The number of carboxylic acids is 1. The first-order valence-corrected chi connectivity index (χ1v) is 7.50. The van der Waals surface area contributed by atoms with E-state index in [1.54, 1.807) is 18.2 Å². The van der Waals surface area contributed by atoms with Gasteiger partial charge < -0.3 is 10.4 Å². The number of anilines is 2. The highest BCUT2D eigenvalue weighted by Gasteiger charge is 2.08. The molecule has 100 valence electrons. The molecule has 0 saturated heterocycles. The summed E-state index contributed by atoms with van der Waals surface area (Å²) in [7, 11) is 0. The fourth-order valence-electron chi connectivity index (χ4n) is 1.14. The number of aliphatic carboxylic acids is 1. The van der Waals surface area contributed by atoms with Gasteiger partial charge in [0.15, 0.2) is 4.34 Å². The van der Waals surface area contributed by atoms with Gasteiger partial charge in [0, 0.05) is 5.69 Å². The molecule has 0 unspecified atom stereocenters. The van der Waals surface area contributed by atoms with Crippen LogP contribution in [0.2, 0.25) is 10.0 Å². The molecular formula is C10H7Cl2N3O2S2. The van der Waals surface area contributed by atoms with Crippen LogP contribution < -0.4 is 5.32 Å². The SMILES string of the molecule is O=C(O)CSc1nnc(Nc2ccc(Cl)c(Cl)c2)s1. The molecule has 2 N–H and O–H groups in total. The standard InChI is InChI=1S/C10H7Cl2N3O2S2/c11-6-2-1-5(3-7(6)12)13-9-14-15-10(19-9)18-4-8(16)17/h1-3H,4H2,(H,13,14)(H,16,17). The van der Waals surface area contributed by atoms with Gasteiger partial charge in [0.2, 0.25) is 5.13 Å². The highest BCUT2D eigenvalue weighted by Crippen LogP contribution is 2.30. The summed E-state index contributed by atoms with van der Waals surface area (Å²) in [5, 5.41) is 20.8. The molecule has 9 heteroatoms. The van der Waals surface area contributed by atoms with Crippen molar-refractivity contribution in [1.82, 2.24) is 10.2 Å². The summed E-state index contributed by atoms with van der Waals surface area (Å²) < 4.78 is 0.588. The van der Waals surface area contributed by atoms with Crippen molar-refractivity contribution < 1.29 is 9.90 Å². The molecule has 0 spiro atoms. The summed E-state index contributed by atoms with van der Waals surface area (Å²) in [5.74, 6) is -0.930. The van der Waals surface area contributed by atoms with Crippen molar-refractivity contribution in [2.45, 2.75) is 4.34 Å². The monoisotopic (exact) mass is 335 g/mol. The van der Waals surface area contributed by atoms with Crippen molar-refractivity contribution in [3.05, 3.63) is 28.2 Å². The Morgan fingerprint density at radius 2 is 2.16 bits per heavy atom. The summed E-state index contributed by atoms with van der Waals surface area (Å²) in [4.78, 5) is 10.4. The Hall–Kier alpha value is -1.02. The minimum Gasteiger partial charge on any atom is -0.481 e. The molecular weight excluding hydrogens is 329 g/mol. The molecule has 1 aromatic carbocycles. The lowest BCUT2D eigenvalue weighted by Gasteiger charge is -2.02. The molecule has 1 heterocycles. The average Bonchev–Trinajstić information content (AvgIpc) is 2.79. The normalized spacial score (nSPS) is 10.4. The third-order valence-electron chi connectivity index (χ3n) is 1.90. The number of nitrogens with zero attached hydrogens (tertiary/aromatic N) is 2. The molecule has 0 amide bonds. The first-order valence-electron chi connectivity index (χ1n) is 4.95. The van der Waals surface area contributed by atoms with Crippen LogP contribution in [0, 0.1) is 0 Å². The molecule has 0 aliphatic carbocycles. The number of hydrogen-bond donors (Lipinski definition) is 2. The molecule has 0 radical (unpaired) electrons. The number of hydrogen-bond acceptors (Lipinski definition) is 6. The van der Waals surface area contributed by atoms with Crippen molar-refractivity contribution in [2.24, 2.45) is 0 Å². The summed E-state index contributed by atoms with van der Waals surface area (Å²) >= 11 is 14.1. The number of halogens is 2. The van der Waals surface area contributed by atoms with Crippen LogP contribution in [0.25, 0.3) is 0 Å². The lowest BCUT2D eigenvalue weighted by molar-refractivity contribution is -0.133. The largest absolute Gasteiger partial charge is 0.481 e. The predicted octanol–water partition coefficient (Wildman–Crippen LogP) is 3.77. The van der Waals surface area contributed by atoms with E-state index in [0.717, 1.165) is 17.4 Å². The van der Waals surface area contributed by atoms with E-state index in [-0.39, 0.29) is 5.75 Å². The van der Waals surface area contributed by atoms with E-state index >= 15 is 0 Å². The smallest absolute Gasteiger partial charge is 0.313 e. The van der Waals surface area contributed by atoms with E-state index in [9.17, 15) is 4.79 Å². The van der Waals surface area contributed by atoms with E-state index < -0.39 is 5.97 Å². The first kappa shape index (κ1) is 14.4. The number of carbonyl (C=O) groups is 1. The lowest BCUT2D eigenvalue weighted by atomic mass is 10.3. The number of rotatable bonds is 5. The quantitative estimate of drug-likeness (QED) is 0.810. The molecule has 5 nitrogen and oxygen atoms in total. The fourth-order valence-corrected chi connectivity index (χ4v) is 2.93. The van der Waals surface area contributed by atoms with Gasteiger partial charge in [-0.3, -0.25) is 4.79 Å². The molecule has 0 bridgehead atoms. The molecule has 19 heavy (non-hydrogen) atoms. The second-order valence-corrected chi connectivity index (χ2v) is 6.32. The molecule has 2 rings (SSSR count). The van der Waals surface area contributed by atoms with Gasteiger partial charge in [-0.15, -0.1) is 10.2 Å². The third kappa shape index (κ3) is 4.24. The predicted molar refractivity (Wildman–Crippen MR) is 78.0 cm³/mol. The molecule has 0 aliphatic heterocycles. The Kier molecular flexibility index (Phi) is 4.87. The Morgan fingerprint density at radius 1 is 1.37 bits per heavy atom. The zero-order valence-electron chi connectivity index (χ0n) is 9.26. The van der Waals surface area contributed by atoms with E-state index in [1.807, 2.05) is 0 Å². The van der Waals surface area contributed by atoms with Gasteiger partial charge in [-0.05, 0) is 18.2 Å². The second-order valence-electron chi connectivity index (χ2n) is 3.31. The van der Waals surface area contributed by atoms with Crippen molar-refractivity contribution in [3.8, 4) is 0 Å². The summed E-state index contributed by atoms with van der Waals surface area (Å²) in [6.07, 6.45) is 0. The van der Waals surface area contributed by atoms with E-state index in [0.29, 0.717) is 19.5 Å². The number of nitrogens with one attached hydrogen (secondary N) is 1. The van der Waals surface area contributed by atoms with Gasteiger partial charge in [0.1, 0.15) is 0 Å². The Morgan fingerprint density at radius 3 is 2.84 bits per heavy atom. The zero-order chi connectivity index (χ0) is 13.8. The third-order valence-corrected chi connectivity index (χ3v) is 4.59. The first-order chi connectivity index (χ1) is 9.04. The van der Waals surface area contributed by atoms with Gasteiger partial charge in [0.25, 0.3) is 0 Å². The Balaban J connectivity index is 2.02. The summed E-state index contributed by atoms with van der Waals surface area (Å²) in [5.41, 5.74) is 0.736. The van der Waals surface area contributed by atoms with Gasteiger partial charge in [-0.25, -0.2) is 0 Å². The van der Waals surface area contributed by atoms with Crippen LogP contribution in [0.4, 0.5) is 10.8 Å². The minimum atomic E-state index is -0.890. The highest BCUT2D eigenvalue weighted by molar-refractivity contribution is 8.01. The van der Waals surface area contributed by atoms with Crippen LogP contribution in [0.15, 0.2) is 22.5 Å². The van der Waals surface area contributed by atoms with E-state index in [1.165, 1.54) is 11.3 Å². The van der Waals surface area contributed by atoms with Gasteiger partial charge in [0.05, 0.1) is 15.8 Å².